The number of hydrogen-bond donors (Lipinski definition) is 1. The van der Waals surface area contributed by atoms with Gasteiger partial charge < -0.3 is 5.11 Å². The van der Waals surface area contributed by atoms with Crippen LogP contribution in [0.4, 0.5) is 0 Å². The maximum absolute atomic E-state index is 10.2. The molecule has 1 heterocycles. The fraction of sp³-hybridized carbons (Fsp3) is 0.214. The Hall–Kier alpha value is -1.83. The zero-order valence-electron chi connectivity index (χ0n) is 9.09. The summed E-state index contributed by atoms with van der Waals surface area (Å²) in [5.41, 5.74) is 3.03. The summed E-state index contributed by atoms with van der Waals surface area (Å²) in [5, 5.41) is 10.2. The van der Waals surface area contributed by atoms with Crippen molar-refractivity contribution < 1.29 is 5.11 Å². The van der Waals surface area contributed by atoms with Crippen molar-refractivity contribution in [3.63, 3.8) is 0 Å². The molecule has 0 saturated heterocycles. The lowest BCUT2D eigenvalue weighted by Gasteiger charge is -2.29. The van der Waals surface area contributed by atoms with Crippen molar-refractivity contribution in [2.75, 3.05) is 0 Å². The highest BCUT2D eigenvalue weighted by atomic mass is 16.3. The van der Waals surface area contributed by atoms with Gasteiger partial charge in [0.1, 0.15) is 5.76 Å². The predicted octanol–water partition coefficient (Wildman–Crippen LogP) is 3.21. The van der Waals surface area contributed by atoms with E-state index in [9.17, 15) is 5.11 Å². The highest BCUT2D eigenvalue weighted by Crippen LogP contribution is 2.41. The summed E-state index contributed by atoms with van der Waals surface area (Å²) < 4.78 is 0. The van der Waals surface area contributed by atoms with Crippen molar-refractivity contribution in [1.29, 1.82) is 0 Å². The molecule has 1 aromatic rings. The van der Waals surface area contributed by atoms with E-state index in [0.29, 0.717) is 5.76 Å². The minimum Gasteiger partial charge on any atom is -0.511 e. The van der Waals surface area contributed by atoms with Crippen molar-refractivity contribution in [3.8, 4) is 0 Å². The molecule has 0 aliphatic heterocycles. The third-order valence-electron chi connectivity index (χ3n) is 3.32. The number of fused-ring (bicyclic) bond motifs is 3. The lowest BCUT2D eigenvalue weighted by molar-refractivity contribution is 0.339. The Morgan fingerprint density at radius 3 is 2.94 bits per heavy atom. The standard InChI is InChI=1S/C14H13NO/c1-9-4-5-10-6-7-11-3-2-8-15-13(11)12(10)14(9)16/h2-8,10,12,16H,1H3. The second-order valence-corrected chi connectivity index (χ2v) is 4.32. The first-order chi connectivity index (χ1) is 7.77. The van der Waals surface area contributed by atoms with Crippen LogP contribution in [0.2, 0.25) is 0 Å². The molecule has 3 rings (SSSR count). The summed E-state index contributed by atoms with van der Waals surface area (Å²) in [6, 6.07) is 3.96. The molecule has 0 spiro atoms. The van der Waals surface area contributed by atoms with Gasteiger partial charge in [-0.25, -0.2) is 0 Å². The molecule has 16 heavy (non-hydrogen) atoms. The maximum Gasteiger partial charge on any atom is 0.105 e. The average Bonchev–Trinajstić information content (AvgIpc) is 2.33. The molecule has 0 saturated carbocycles. The van der Waals surface area contributed by atoms with Gasteiger partial charge in [0.15, 0.2) is 0 Å². The van der Waals surface area contributed by atoms with Crippen LogP contribution in [0.3, 0.4) is 0 Å². The zero-order chi connectivity index (χ0) is 11.1. The lowest BCUT2D eigenvalue weighted by atomic mass is 9.77. The quantitative estimate of drug-likeness (QED) is 0.714. The SMILES string of the molecule is CC1=C(O)C2c3ncccc3C=CC2C=C1. The third kappa shape index (κ3) is 1.23. The molecule has 0 amide bonds. The van der Waals surface area contributed by atoms with Crippen LogP contribution >= 0.6 is 0 Å². The lowest BCUT2D eigenvalue weighted by Crippen LogP contribution is -2.20. The van der Waals surface area contributed by atoms with Gasteiger partial charge in [0.25, 0.3) is 0 Å². The molecule has 2 atom stereocenters. The summed E-state index contributed by atoms with van der Waals surface area (Å²) in [6.45, 7) is 1.93. The van der Waals surface area contributed by atoms with E-state index >= 15 is 0 Å². The Bertz CT molecular complexity index is 525. The molecule has 1 N–H and O–H groups in total. The van der Waals surface area contributed by atoms with E-state index < -0.39 is 0 Å². The van der Waals surface area contributed by atoms with Gasteiger partial charge in [0.05, 0.1) is 11.6 Å². The van der Waals surface area contributed by atoms with Crippen molar-refractivity contribution in [1.82, 2.24) is 4.98 Å². The van der Waals surface area contributed by atoms with Gasteiger partial charge in [-0.1, -0.05) is 30.4 Å². The summed E-state index contributed by atoms with van der Waals surface area (Å²) in [6.07, 6.45) is 10.1. The van der Waals surface area contributed by atoms with E-state index in [2.05, 4.69) is 23.2 Å². The highest BCUT2D eigenvalue weighted by molar-refractivity contribution is 5.59. The normalized spacial score (nSPS) is 26.6. The zero-order valence-corrected chi connectivity index (χ0v) is 9.09. The van der Waals surface area contributed by atoms with Crippen molar-refractivity contribution in [3.05, 3.63) is 59.1 Å². The van der Waals surface area contributed by atoms with Crippen LogP contribution < -0.4 is 0 Å². The molecule has 2 aliphatic carbocycles. The Labute approximate surface area is 94.6 Å². The summed E-state index contributed by atoms with van der Waals surface area (Å²) >= 11 is 0. The second-order valence-electron chi connectivity index (χ2n) is 4.32. The molecular formula is C14H13NO. The molecule has 2 aliphatic rings. The van der Waals surface area contributed by atoms with Gasteiger partial charge in [0.2, 0.25) is 0 Å². The van der Waals surface area contributed by atoms with Crippen molar-refractivity contribution >= 4 is 6.08 Å². The van der Waals surface area contributed by atoms with Crippen molar-refractivity contribution in [2.45, 2.75) is 12.8 Å². The van der Waals surface area contributed by atoms with Crippen LogP contribution in [0.1, 0.15) is 24.1 Å². The molecule has 0 bridgehead atoms. The van der Waals surface area contributed by atoms with Crippen LogP contribution in [0, 0.1) is 5.92 Å². The van der Waals surface area contributed by atoms with Crippen LogP contribution in [-0.4, -0.2) is 10.1 Å². The molecule has 2 unspecified atom stereocenters. The second kappa shape index (κ2) is 3.34. The van der Waals surface area contributed by atoms with Crippen LogP contribution in [0.5, 0.6) is 0 Å². The Balaban J connectivity index is 2.19. The largest absolute Gasteiger partial charge is 0.511 e. The topological polar surface area (TPSA) is 33.1 Å². The smallest absolute Gasteiger partial charge is 0.105 e. The monoisotopic (exact) mass is 211 g/mol. The number of aliphatic hydroxyl groups is 1. The summed E-state index contributed by atoms with van der Waals surface area (Å²) in [5.74, 6) is 0.703. The van der Waals surface area contributed by atoms with E-state index in [0.717, 1.165) is 16.8 Å². The van der Waals surface area contributed by atoms with Gasteiger partial charge in [-0.3, -0.25) is 4.98 Å². The molecule has 2 heteroatoms. The van der Waals surface area contributed by atoms with Gasteiger partial charge in [-0.15, -0.1) is 0 Å². The first kappa shape index (κ1) is 9.40. The predicted molar refractivity (Wildman–Crippen MR) is 64.0 cm³/mol. The Morgan fingerprint density at radius 1 is 1.25 bits per heavy atom. The van der Waals surface area contributed by atoms with E-state index in [1.165, 1.54) is 0 Å². The van der Waals surface area contributed by atoms with Gasteiger partial charge in [0, 0.05) is 12.1 Å². The van der Waals surface area contributed by atoms with Crippen LogP contribution in [-0.2, 0) is 0 Å². The molecule has 0 radical (unpaired) electrons. The molecule has 2 nitrogen and oxygen atoms in total. The minimum atomic E-state index is 0.00574. The first-order valence-corrected chi connectivity index (χ1v) is 5.48. The minimum absolute atomic E-state index is 0.00574. The number of rotatable bonds is 0. The molecule has 0 fully saturated rings. The maximum atomic E-state index is 10.2. The number of pyridine rings is 1. The van der Waals surface area contributed by atoms with Gasteiger partial charge >= 0.3 is 0 Å². The summed E-state index contributed by atoms with van der Waals surface area (Å²) in [4.78, 5) is 4.41. The Morgan fingerprint density at radius 2 is 2.06 bits per heavy atom. The van der Waals surface area contributed by atoms with Crippen LogP contribution in [0.15, 0.2) is 47.9 Å². The highest BCUT2D eigenvalue weighted by Gasteiger charge is 2.31. The van der Waals surface area contributed by atoms with E-state index in [-0.39, 0.29) is 11.8 Å². The number of aliphatic hydroxyl groups excluding tert-OH is 1. The Kier molecular flexibility index (Phi) is 1.96. The fourth-order valence-electron chi connectivity index (χ4n) is 2.41. The fourth-order valence-corrected chi connectivity index (χ4v) is 2.41. The number of aromatic nitrogens is 1. The molecule has 80 valence electrons. The van der Waals surface area contributed by atoms with Crippen molar-refractivity contribution in [2.24, 2.45) is 5.92 Å². The number of nitrogens with zero attached hydrogens (tertiary/aromatic N) is 1. The molecular weight excluding hydrogens is 198 g/mol. The van der Waals surface area contributed by atoms with E-state index in [1.807, 2.05) is 25.1 Å². The molecule has 1 aromatic heterocycles. The van der Waals surface area contributed by atoms with E-state index in [4.69, 9.17) is 0 Å². The number of hydrogen-bond acceptors (Lipinski definition) is 2. The van der Waals surface area contributed by atoms with Gasteiger partial charge in [-0.05, 0) is 24.1 Å². The van der Waals surface area contributed by atoms with Gasteiger partial charge in [-0.2, -0.15) is 0 Å². The average molecular weight is 211 g/mol. The molecule has 0 aromatic carbocycles. The number of allylic oxidation sites excluding steroid dienone is 5. The third-order valence-corrected chi connectivity index (χ3v) is 3.32. The first-order valence-electron chi connectivity index (χ1n) is 5.48. The van der Waals surface area contributed by atoms with E-state index in [1.54, 1.807) is 6.20 Å². The summed E-state index contributed by atoms with van der Waals surface area (Å²) in [7, 11) is 0. The van der Waals surface area contributed by atoms with Crippen LogP contribution in [0.25, 0.3) is 6.08 Å².